The van der Waals surface area contributed by atoms with Crippen molar-refractivity contribution in [2.45, 2.75) is 26.2 Å². The van der Waals surface area contributed by atoms with Gasteiger partial charge >= 0.3 is 0 Å². The fourth-order valence-electron chi connectivity index (χ4n) is 1.15. The molecule has 0 amide bonds. The maximum atomic E-state index is 5.70. The molecule has 1 aromatic rings. The Hall–Kier alpha value is -1.22. The summed E-state index contributed by atoms with van der Waals surface area (Å²) >= 11 is 0. The van der Waals surface area contributed by atoms with Crippen LogP contribution in [0.5, 0.6) is 0 Å². The van der Waals surface area contributed by atoms with Gasteiger partial charge in [-0.25, -0.2) is 0 Å². The second kappa shape index (κ2) is 3.26. The molecule has 5 N–H and O–H groups in total. The van der Waals surface area contributed by atoms with E-state index in [1.54, 1.807) is 0 Å². The van der Waals surface area contributed by atoms with E-state index in [1.807, 2.05) is 18.2 Å². The first-order valence-corrected chi connectivity index (χ1v) is 4.32. The molecule has 0 fully saturated rings. The van der Waals surface area contributed by atoms with E-state index in [2.05, 4.69) is 26.2 Å². The predicted octanol–water partition coefficient (Wildman–Crippen LogP) is 1.85. The Kier molecular flexibility index (Phi) is 2.48. The lowest BCUT2D eigenvalue weighted by atomic mass is 9.87. The Morgan fingerprint density at radius 1 is 1.23 bits per heavy atom. The van der Waals surface area contributed by atoms with Crippen LogP contribution >= 0.6 is 0 Å². The molecule has 0 saturated carbocycles. The third-order valence-corrected chi connectivity index (χ3v) is 2.07. The molecule has 0 heterocycles. The molecule has 72 valence electrons. The Labute approximate surface area is 79.1 Å². The molecule has 0 aromatic heterocycles. The van der Waals surface area contributed by atoms with Crippen molar-refractivity contribution in [2.24, 2.45) is 5.84 Å². The first kappa shape index (κ1) is 9.86. The molecule has 0 aliphatic heterocycles. The summed E-state index contributed by atoms with van der Waals surface area (Å²) in [5.74, 6) is 5.33. The summed E-state index contributed by atoms with van der Waals surface area (Å²) in [6.07, 6.45) is 0. The zero-order valence-corrected chi connectivity index (χ0v) is 8.39. The number of rotatable bonds is 1. The lowest BCUT2D eigenvalue weighted by molar-refractivity contribution is 0.590. The van der Waals surface area contributed by atoms with Crippen molar-refractivity contribution in [3.63, 3.8) is 0 Å². The van der Waals surface area contributed by atoms with Gasteiger partial charge in [0.1, 0.15) is 0 Å². The molecule has 0 aliphatic rings. The molecule has 0 atom stereocenters. The van der Waals surface area contributed by atoms with E-state index >= 15 is 0 Å². The molecule has 0 aliphatic carbocycles. The lowest BCUT2D eigenvalue weighted by Gasteiger charge is -2.20. The highest BCUT2D eigenvalue weighted by molar-refractivity contribution is 5.66. The number of hydrogen-bond donors (Lipinski definition) is 3. The maximum Gasteiger partial charge on any atom is 0.0718 e. The molecule has 0 spiro atoms. The van der Waals surface area contributed by atoms with Crippen LogP contribution in [0.15, 0.2) is 18.2 Å². The molecule has 1 rings (SSSR count). The number of hydrazine groups is 1. The fourth-order valence-corrected chi connectivity index (χ4v) is 1.15. The van der Waals surface area contributed by atoms with E-state index < -0.39 is 0 Å². The quantitative estimate of drug-likeness (QED) is 0.350. The highest BCUT2D eigenvalue weighted by atomic mass is 15.2. The number of anilines is 2. The van der Waals surface area contributed by atoms with E-state index in [-0.39, 0.29) is 5.41 Å². The Morgan fingerprint density at radius 2 is 1.85 bits per heavy atom. The van der Waals surface area contributed by atoms with Crippen LogP contribution < -0.4 is 17.0 Å². The molecule has 0 radical (unpaired) electrons. The van der Waals surface area contributed by atoms with Crippen molar-refractivity contribution >= 4 is 11.4 Å². The summed E-state index contributed by atoms with van der Waals surface area (Å²) in [4.78, 5) is 0. The molecular weight excluding hydrogens is 162 g/mol. The number of nitrogens with one attached hydrogen (secondary N) is 1. The maximum absolute atomic E-state index is 5.70. The van der Waals surface area contributed by atoms with E-state index in [1.165, 1.54) is 5.56 Å². The molecule has 0 bridgehead atoms. The average Bonchev–Trinajstić information content (AvgIpc) is 2.03. The van der Waals surface area contributed by atoms with E-state index in [0.29, 0.717) is 5.69 Å². The van der Waals surface area contributed by atoms with Gasteiger partial charge in [0.05, 0.1) is 11.4 Å². The van der Waals surface area contributed by atoms with Crippen LogP contribution in [-0.2, 0) is 5.41 Å². The van der Waals surface area contributed by atoms with Crippen LogP contribution in [0.1, 0.15) is 26.3 Å². The van der Waals surface area contributed by atoms with Crippen molar-refractivity contribution < 1.29 is 0 Å². The van der Waals surface area contributed by atoms with Gasteiger partial charge in [0.15, 0.2) is 0 Å². The Balaban J connectivity index is 3.14. The molecule has 3 heteroatoms. The van der Waals surface area contributed by atoms with Gasteiger partial charge in [0.2, 0.25) is 0 Å². The average molecular weight is 179 g/mol. The minimum atomic E-state index is 0.124. The zero-order valence-electron chi connectivity index (χ0n) is 8.39. The first-order valence-electron chi connectivity index (χ1n) is 4.32. The molecule has 3 nitrogen and oxygen atoms in total. The van der Waals surface area contributed by atoms with Gasteiger partial charge in [0.25, 0.3) is 0 Å². The number of nitrogen functional groups attached to an aromatic ring is 2. The van der Waals surface area contributed by atoms with Crippen molar-refractivity contribution in [3.8, 4) is 0 Å². The van der Waals surface area contributed by atoms with Crippen LogP contribution in [0.2, 0.25) is 0 Å². The standard InChI is InChI=1S/C10H17N3/c1-10(2,3)7-4-5-8(11)9(6-7)13-12/h4-6,13H,11-12H2,1-3H3. The number of benzene rings is 1. The summed E-state index contributed by atoms with van der Waals surface area (Å²) < 4.78 is 0. The second-order valence-corrected chi connectivity index (χ2v) is 4.20. The largest absolute Gasteiger partial charge is 0.397 e. The monoisotopic (exact) mass is 179 g/mol. The molecule has 13 heavy (non-hydrogen) atoms. The summed E-state index contributed by atoms with van der Waals surface area (Å²) in [6.45, 7) is 6.45. The van der Waals surface area contributed by atoms with E-state index in [9.17, 15) is 0 Å². The van der Waals surface area contributed by atoms with Crippen LogP contribution in [-0.4, -0.2) is 0 Å². The highest BCUT2D eigenvalue weighted by Crippen LogP contribution is 2.27. The van der Waals surface area contributed by atoms with Crippen LogP contribution in [0.3, 0.4) is 0 Å². The Morgan fingerprint density at radius 3 is 2.31 bits per heavy atom. The molecular formula is C10H17N3. The SMILES string of the molecule is CC(C)(C)c1ccc(N)c(NN)c1. The zero-order chi connectivity index (χ0) is 10.1. The van der Waals surface area contributed by atoms with Crippen molar-refractivity contribution in [3.05, 3.63) is 23.8 Å². The molecule has 1 aromatic carbocycles. The fraction of sp³-hybridized carbons (Fsp3) is 0.400. The normalized spacial score (nSPS) is 11.4. The van der Waals surface area contributed by atoms with Crippen LogP contribution in [0.4, 0.5) is 11.4 Å². The number of hydrogen-bond acceptors (Lipinski definition) is 3. The van der Waals surface area contributed by atoms with Crippen LogP contribution in [0, 0.1) is 0 Å². The van der Waals surface area contributed by atoms with Gasteiger partial charge in [-0.15, -0.1) is 0 Å². The number of nitrogens with two attached hydrogens (primary N) is 2. The predicted molar refractivity (Wildman–Crippen MR) is 57.4 cm³/mol. The van der Waals surface area contributed by atoms with Crippen molar-refractivity contribution in [2.75, 3.05) is 11.2 Å². The summed E-state index contributed by atoms with van der Waals surface area (Å²) in [6, 6.07) is 5.88. The van der Waals surface area contributed by atoms with Gasteiger partial charge in [-0.1, -0.05) is 26.8 Å². The van der Waals surface area contributed by atoms with Gasteiger partial charge in [0, 0.05) is 0 Å². The molecule has 0 unspecified atom stereocenters. The third-order valence-electron chi connectivity index (χ3n) is 2.07. The third kappa shape index (κ3) is 2.12. The van der Waals surface area contributed by atoms with Gasteiger partial charge in [-0.3, -0.25) is 5.84 Å². The second-order valence-electron chi connectivity index (χ2n) is 4.20. The van der Waals surface area contributed by atoms with Gasteiger partial charge in [-0.05, 0) is 23.1 Å². The van der Waals surface area contributed by atoms with E-state index in [4.69, 9.17) is 11.6 Å². The van der Waals surface area contributed by atoms with Gasteiger partial charge < -0.3 is 11.2 Å². The Bertz CT molecular complexity index is 300. The highest BCUT2D eigenvalue weighted by Gasteiger charge is 2.14. The summed E-state index contributed by atoms with van der Waals surface area (Å²) in [5.41, 5.74) is 11.1. The smallest absolute Gasteiger partial charge is 0.0718 e. The lowest BCUT2D eigenvalue weighted by Crippen LogP contribution is -2.14. The topological polar surface area (TPSA) is 64.1 Å². The minimum absolute atomic E-state index is 0.124. The van der Waals surface area contributed by atoms with E-state index in [0.717, 1.165) is 5.69 Å². The summed E-state index contributed by atoms with van der Waals surface area (Å²) in [5, 5.41) is 0. The van der Waals surface area contributed by atoms with Crippen LogP contribution in [0.25, 0.3) is 0 Å². The van der Waals surface area contributed by atoms with Gasteiger partial charge in [-0.2, -0.15) is 0 Å². The van der Waals surface area contributed by atoms with Crippen molar-refractivity contribution in [1.29, 1.82) is 0 Å². The summed E-state index contributed by atoms with van der Waals surface area (Å²) in [7, 11) is 0. The minimum Gasteiger partial charge on any atom is -0.397 e. The molecule has 0 saturated heterocycles. The van der Waals surface area contributed by atoms with Crippen molar-refractivity contribution in [1.82, 2.24) is 0 Å². The first-order chi connectivity index (χ1) is 5.95.